The minimum atomic E-state index is -2.58. The maximum absolute atomic E-state index is 12.8. The molecule has 6 nitrogen and oxygen atoms in total. The molecule has 1 saturated heterocycles. The molecule has 2 aromatic rings. The number of halogens is 2. The molecule has 0 bridgehead atoms. The molecular weight excluding hydrogens is 348 g/mol. The van der Waals surface area contributed by atoms with Crippen molar-refractivity contribution in [2.75, 3.05) is 26.2 Å². The third-order valence-corrected chi connectivity index (χ3v) is 4.83. The molecule has 1 amide bonds. The first-order valence-corrected chi connectivity index (χ1v) is 8.82. The van der Waals surface area contributed by atoms with Crippen LogP contribution >= 0.6 is 11.3 Å². The largest absolute Gasteiger partial charge is 0.337 e. The number of thiazole rings is 1. The summed E-state index contributed by atoms with van der Waals surface area (Å²) in [6.45, 7) is 2.08. The van der Waals surface area contributed by atoms with Gasteiger partial charge in [0.15, 0.2) is 0 Å². The summed E-state index contributed by atoms with van der Waals surface area (Å²) in [6, 6.07) is 0. The highest BCUT2D eigenvalue weighted by atomic mass is 32.1. The lowest BCUT2D eigenvalue weighted by atomic mass is 10.3. The van der Waals surface area contributed by atoms with Crippen LogP contribution in [0.1, 0.15) is 23.1 Å². The Morgan fingerprint density at radius 2 is 2.12 bits per heavy atom. The zero-order valence-electron chi connectivity index (χ0n) is 13.8. The fourth-order valence-corrected chi connectivity index (χ4v) is 3.27. The summed E-state index contributed by atoms with van der Waals surface area (Å²) >= 11 is 1.54. The molecule has 0 radical (unpaired) electrons. The Labute approximate surface area is 148 Å². The van der Waals surface area contributed by atoms with Gasteiger partial charge in [0.05, 0.1) is 17.2 Å². The van der Waals surface area contributed by atoms with Gasteiger partial charge < -0.3 is 4.90 Å². The van der Waals surface area contributed by atoms with E-state index in [9.17, 15) is 13.6 Å². The van der Waals surface area contributed by atoms with Crippen molar-refractivity contribution in [3.63, 3.8) is 0 Å². The zero-order chi connectivity index (χ0) is 17.8. The number of aromatic nitrogens is 3. The highest BCUT2D eigenvalue weighted by molar-refractivity contribution is 7.09. The average Bonchev–Trinajstić information content (AvgIpc) is 3.22. The van der Waals surface area contributed by atoms with E-state index in [4.69, 9.17) is 0 Å². The summed E-state index contributed by atoms with van der Waals surface area (Å²) in [5, 5.41) is 2.87. The minimum Gasteiger partial charge on any atom is -0.337 e. The zero-order valence-corrected chi connectivity index (χ0v) is 14.6. The number of hydrogen-bond acceptors (Lipinski definition) is 5. The van der Waals surface area contributed by atoms with Crippen LogP contribution in [-0.4, -0.2) is 56.4 Å². The van der Waals surface area contributed by atoms with Gasteiger partial charge in [-0.05, 0) is 13.0 Å². The Balaban J connectivity index is 1.50. The first-order valence-electron chi connectivity index (χ1n) is 7.94. The molecule has 3 heterocycles. The first kappa shape index (κ1) is 17.7. The van der Waals surface area contributed by atoms with Crippen LogP contribution in [0.2, 0.25) is 0 Å². The Bertz CT molecular complexity index is 749. The Morgan fingerprint density at radius 1 is 1.36 bits per heavy atom. The maximum Gasteiger partial charge on any atom is 0.319 e. The predicted octanol–water partition coefficient (Wildman–Crippen LogP) is 2.40. The van der Waals surface area contributed by atoms with Crippen molar-refractivity contribution in [1.29, 1.82) is 0 Å². The number of nitrogens with zero attached hydrogens (tertiary/aromatic N) is 5. The molecule has 0 aliphatic carbocycles. The van der Waals surface area contributed by atoms with Crippen molar-refractivity contribution in [2.24, 2.45) is 0 Å². The predicted molar refractivity (Wildman–Crippen MR) is 91.2 cm³/mol. The molecule has 0 saturated carbocycles. The molecule has 1 fully saturated rings. The fraction of sp³-hybridized carbons (Fsp3) is 0.438. The number of amides is 1. The quantitative estimate of drug-likeness (QED) is 0.762. The maximum atomic E-state index is 12.8. The molecule has 25 heavy (non-hydrogen) atoms. The molecule has 9 heteroatoms. The van der Waals surface area contributed by atoms with E-state index < -0.39 is 6.55 Å². The standard InChI is InChI=1S/C16H19F2N5OS/c1-12-20-13(11-25-12)2-3-15(24)22-8-6-21(7-9-22)10-14-19-4-5-23(14)16(17)18/h2-5,11,16H,6-10H2,1H3. The summed E-state index contributed by atoms with van der Waals surface area (Å²) in [6.07, 6.45) is 5.92. The van der Waals surface area contributed by atoms with Gasteiger partial charge in [0.1, 0.15) is 5.82 Å². The van der Waals surface area contributed by atoms with Crippen LogP contribution in [0, 0.1) is 6.92 Å². The Kier molecular flexibility index (Phi) is 5.54. The highest BCUT2D eigenvalue weighted by Gasteiger charge is 2.22. The van der Waals surface area contributed by atoms with Crippen LogP contribution in [0.3, 0.4) is 0 Å². The summed E-state index contributed by atoms with van der Waals surface area (Å²) < 4.78 is 26.6. The van der Waals surface area contributed by atoms with Gasteiger partial charge in [-0.25, -0.2) is 9.97 Å². The van der Waals surface area contributed by atoms with Crippen LogP contribution in [0.25, 0.3) is 6.08 Å². The topological polar surface area (TPSA) is 54.3 Å². The Morgan fingerprint density at radius 3 is 2.76 bits per heavy atom. The highest BCUT2D eigenvalue weighted by Crippen LogP contribution is 2.15. The second kappa shape index (κ2) is 7.83. The van der Waals surface area contributed by atoms with Crippen LogP contribution in [0.15, 0.2) is 23.8 Å². The summed E-state index contributed by atoms with van der Waals surface area (Å²) in [5.41, 5.74) is 0.785. The number of rotatable bonds is 5. The molecule has 0 atom stereocenters. The molecule has 0 N–H and O–H groups in total. The fourth-order valence-electron chi connectivity index (χ4n) is 2.69. The lowest BCUT2D eigenvalue weighted by molar-refractivity contribution is -0.127. The number of imidazole rings is 1. The van der Waals surface area contributed by atoms with Crippen LogP contribution in [0.5, 0.6) is 0 Å². The van der Waals surface area contributed by atoms with E-state index in [2.05, 4.69) is 9.97 Å². The van der Waals surface area contributed by atoms with E-state index in [1.807, 2.05) is 17.2 Å². The summed E-state index contributed by atoms with van der Waals surface area (Å²) in [7, 11) is 0. The number of carbonyl (C=O) groups excluding carboxylic acids is 1. The lowest BCUT2D eigenvalue weighted by Gasteiger charge is -2.34. The summed E-state index contributed by atoms with van der Waals surface area (Å²) in [5.74, 6) is 0.285. The van der Waals surface area contributed by atoms with Gasteiger partial charge in [0.25, 0.3) is 0 Å². The molecule has 2 aromatic heterocycles. The van der Waals surface area contributed by atoms with Crippen LogP contribution in [0.4, 0.5) is 8.78 Å². The SMILES string of the molecule is Cc1nc(C=CC(=O)N2CCN(Cc3nccn3C(F)F)CC2)cs1. The van der Waals surface area contributed by atoms with Gasteiger partial charge in [0, 0.05) is 50.0 Å². The normalized spacial score (nSPS) is 16.2. The van der Waals surface area contributed by atoms with Crippen molar-refractivity contribution >= 4 is 23.3 Å². The second-order valence-corrected chi connectivity index (χ2v) is 6.82. The molecular formula is C16H19F2N5OS. The molecule has 0 spiro atoms. The van der Waals surface area contributed by atoms with Crippen molar-refractivity contribution in [1.82, 2.24) is 24.3 Å². The molecule has 1 aliphatic heterocycles. The number of alkyl halides is 2. The van der Waals surface area contributed by atoms with E-state index >= 15 is 0 Å². The number of carbonyl (C=O) groups is 1. The molecule has 1 aliphatic rings. The molecule has 0 unspecified atom stereocenters. The van der Waals surface area contributed by atoms with Gasteiger partial charge >= 0.3 is 6.55 Å². The number of hydrogen-bond donors (Lipinski definition) is 0. The van der Waals surface area contributed by atoms with E-state index in [1.165, 1.54) is 18.5 Å². The van der Waals surface area contributed by atoms with Gasteiger partial charge in [-0.1, -0.05) is 0 Å². The van der Waals surface area contributed by atoms with Crippen molar-refractivity contribution in [3.8, 4) is 0 Å². The van der Waals surface area contributed by atoms with E-state index in [-0.39, 0.29) is 5.91 Å². The third kappa shape index (κ3) is 4.49. The van der Waals surface area contributed by atoms with Gasteiger partial charge in [-0.15, -0.1) is 11.3 Å². The Hall–Kier alpha value is -2.13. The third-order valence-electron chi connectivity index (χ3n) is 4.04. The molecule has 134 valence electrons. The van der Waals surface area contributed by atoms with Gasteiger partial charge in [0.2, 0.25) is 5.91 Å². The van der Waals surface area contributed by atoms with E-state index in [0.717, 1.165) is 15.3 Å². The van der Waals surface area contributed by atoms with E-state index in [1.54, 1.807) is 22.3 Å². The average molecular weight is 367 g/mol. The van der Waals surface area contributed by atoms with Gasteiger partial charge in [-0.2, -0.15) is 8.78 Å². The summed E-state index contributed by atoms with van der Waals surface area (Å²) in [4.78, 5) is 24.3. The van der Waals surface area contributed by atoms with Crippen molar-refractivity contribution in [3.05, 3.63) is 40.4 Å². The smallest absolute Gasteiger partial charge is 0.319 e. The lowest BCUT2D eigenvalue weighted by Crippen LogP contribution is -2.48. The van der Waals surface area contributed by atoms with Crippen molar-refractivity contribution < 1.29 is 13.6 Å². The number of aryl methyl sites for hydroxylation is 1. The first-order chi connectivity index (χ1) is 12.0. The monoisotopic (exact) mass is 367 g/mol. The minimum absolute atomic E-state index is 0.0561. The number of piperazine rings is 1. The molecule has 3 rings (SSSR count). The van der Waals surface area contributed by atoms with Crippen molar-refractivity contribution in [2.45, 2.75) is 20.0 Å². The van der Waals surface area contributed by atoms with Crippen LogP contribution in [-0.2, 0) is 11.3 Å². The van der Waals surface area contributed by atoms with Crippen LogP contribution < -0.4 is 0 Å². The second-order valence-electron chi connectivity index (χ2n) is 5.75. The molecule has 0 aromatic carbocycles. The van der Waals surface area contributed by atoms with E-state index in [0.29, 0.717) is 38.5 Å². The van der Waals surface area contributed by atoms with Gasteiger partial charge in [-0.3, -0.25) is 14.3 Å².